The van der Waals surface area contributed by atoms with E-state index in [9.17, 15) is 19.5 Å². The van der Waals surface area contributed by atoms with Gasteiger partial charge >= 0.3 is 6.03 Å². The van der Waals surface area contributed by atoms with Gasteiger partial charge in [0.1, 0.15) is 23.7 Å². The summed E-state index contributed by atoms with van der Waals surface area (Å²) in [5.41, 5.74) is 12.2. The van der Waals surface area contributed by atoms with Crippen molar-refractivity contribution >= 4 is 46.1 Å². The standard InChI is InChI=1S/C47H55FN10O5/c1-4-31-25-58(45-36(31)21-34(23-50-45)56-20-16-43(60)51-47(56)62)39-15-17-54(26-37(39)48)24-30-13-18-55(19-14-30)46(61)33-11-9-32(10-12-33)42-27-57(28(2)29(3)63-42)40-22-38(52-53-44(40)49)35-7-5-6-8-41(35)59/h5-12,21-23,25,28-30,37,39,42,59H,4,13-20,24,26-27H2,1-3H3,(H2,49,53)(H,51,60,62)/t28-,29+,37-,39+,42+/m0/s1. The number of aromatic nitrogens is 4. The van der Waals surface area contributed by atoms with Gasteiger partial charge in [-0.15, -0.1) is 10.2 Å². The van der Waals surface area contributed by atoms with Crippen LogP contribution in [0.4, 0.5) is 26.4 Å². The topological polar surface area (TPSA) is 175 Å². The summed E-state index contributed by atoms with van der Waals surface area (Å²) in [5, 5.41) is 22.2. The van der Waals surface area contributed by atoms with Crippen molar-refractivity contribution in [2.45, 2.75) is 83.3 Å². The van der Waals surface area contributed by atoms with Crippen molar-refractivity contribution in [1.82, 2.24) is 34.9 Å². The van der Waals surface area contributed by atoms with E-state index < -0.39 is 12.2 Å². The predicted molar refractivity (Wildman–Crippen MR) is 238 cm³/mol. The van der Waals surface area contributed by atoms with Crippen LogP contribution < -0.4 is 20.9 Å². The number of carbonyl (C=O) groups is 3. The Morgan fingerprint density at radius 3 is 2.49 bits per heavy atom. The van der Waals surface area contributed by atoms with E-state index in [0.717, 1.165) is 54.6 Å². The van der Waals surface area contributed by atoms with Crippen LogP contribution in [0.25, 0.3) is 22.3 Å². The van der Waals surface area contributed by atoms with Crippen molar-refractivity contribution in [3.8, 4) is 17.0 Å². The highest BCUT2D eigenvalue weighted by Crippen LogP contribution is 2.38. The third-order valence-corrected chi connectivity index (χ3v) is 13.6. The van der Waals surface area contributed by atoms with Crippen LogP contribution >= 0.6 is 0 Å². The van der Waals surface area contributed by atoms with E-state index in [1.165, 1.54) is 4.90 Å². The van der Waals surface area contributed by atoms with Crippen molar-refractivity contribution < 1.29 is 28.6 Å². The monoisotopic (exact) mass is 858 g/mol. The molecular weight excluding hydrogens is 804 g/mol. The van der Waals surface area contributed by atoms with Crippen molar-refractivity contribution in [3.63, 3.8) is 0 Å². The zero-order chi connectivity index (χ0) is 43.9. The number of aryl methyl sites for hydroxylation is 1. The molecule has 16 heteroatoms. The molecule has 5 atom stereocenters. The number of aromatic hydroxyl groups is 1. The number of rotatable bonds is 9. The number of urea groups is 1. The van der Waals surface area contributed by atoms with Gasteiger partial charge < -0.3 is 34.8 Å². The van der Waals surface area contributed by atoms with Crippen LogP contribution in [0.2, 0.25) is 0 Å². The number of hydrogen-bond acceptors (Lipinski definition) is 11. The molecule has 0 radical (unpaired) electrons. The van der Waals surface area contributed by atoms with E-state index in [-0.39, 0.29) is 48.3 Å². The van der Waals surface area contributed by atoms with Gasteiger partial charge in [-0.2, -0.15) is 0 Å². The molecule has 5 aromatic rings. The first kappa shape index (κ1) is 42.2. The van der Waals surface area contributed by atoms with Crippen LogP contribution in [0.3, 0.4) is 0 Å². The summed E-state index contributed by atoms with van der Waals surface area (Å²) in [4.78, 5) is 50.5. The van der Waals surface area contributed by atoms with Crippen LogP contribution in [-0.2, 0) is 16.0 Å². The lowest BCUT2D eigenvalue weighted by molar-refractivity contribution is -0.120. The van der Waals surface area contributed by atoms with E-state index in [4.69, 9.17) is 15.5 Å². The number of piperidine rings is 2. The number of hydrogen-bond donors (Lipinski definition) is 3. The Labute approximate surface area is 366 Å². The number of benzene rings is 2. The molecule has 0 unspecified atom stereocenters. The van der Waals surface area contributed by atoms with Crippen molar-refractivity contribution in [2.24, 2.45) is 5.92 Å². The second kappa shape index (κ2) is 17.6. The molecule has 4 fully saturated rings. The minimum Gasteiger partial charge on any atom is -0.507 e. The van der Waals surface area contributed by atoms with E-state index in [1.807, 2.05) is 65.1 Å². The number of ether oxygens (including phenoxy) is 1. The average Bonchev–Trinajstić information content (AvgIpc) is 3.65. The molecule has 63 heavy (non-hydrogen) atoms. The molecule has 9 rings (SSSR count). The van der Waals surface area contributed by atoms with E-state index >= 15 is 4.39 Å². The van der Waals surface area contributed by atoms with Gasteiger partial charge in [0.05, 0.1) is 41.5 Å². The number of alkyl halides is 1. The largest absolute Gasteiger partial charge is 0.507 e. The fourth-order valence-corrected chi connectivity index (χ4v) is 9.78. The Morgan fingerprint density at radius 2 is 1.76 bits per heavy atom. The second-order valence-corrected chi connectivity index (χ2v) is 17.5. The number of pyridine rings is 1. The Hall–Kier alpha value is -6.13. The number of nitrogen functional groups attached to an aromatic ring is 1. The average molecular weight is 859 g/mol. The van der Waals surface area contributed by atoms with Gasteiger partial charge in [0.15, 0.2) is 5.82 Å². The number of morpholine rings is 1. The molecule has 0 aliphatic carbocycles. The summed E-state index contributed by atoms with van der Waals surface area (Å²) in [5.74, 6) is 0.500. The quantitative estimate of drug-likeness (QED) is 0.152. The highest BCUT2D eigenvalue weighted by Gasteiger charge is 2.36. The summed E-state index contributed by atoms with van der Waals surface area (Å²) in [6.07, 6.45) is 5.50. The number of nitrogens with one attached hydrogen (secondary N) is 1. The number of nitrogens with two attached hydrogens (primary N) is 1. The van der Waals surface area contributed by atoms with Gasteiger partial charge in [-0.1, -0.05) is 31.2 Å². The zero-order valence-electron chi connectivity index (χ0n) is 36.0. The number of amides is 4. The van der Waals surface area contributed by atoms with Crippen LogP contribution in [0.15, 0.2) is 73.1 Å². The number of nitrogens with zero attached hydrogens (tertiary/aromatic N) is 8. The van der Waals surface area contributed by atoms with Crippen molar-refractivity contribution in [3.05, 3.63) is 89.7 Å². The van der Waals surface area contributed by atoms with Crippen LogP contribution in [0, 0.1) is 5.92 Å². The summed E-state index contributed by atoms with van der Waals surface area (Å²) in [6, 6.07) is 17.7. The van der Waals surface area contributed by atoms with Gasteiger partial charge in [-0.3, -0.25) is 19.8 Å². The number of anilines is 3. The molecule has 7 heterocycles. The SMILES string of the molecule is CCc1cn([C@@H]2CCN(CC3CCN(C(=O)c4ccc([C@H]5CN(c6cc(-c7ccccc7O)nnc6N)[C@@H](C)[C@@H](C)O5)cc4)CC3)C[C@@H]2F)c2ncc(N3CCC(=O)NC3=O)cc12. The number of halogens is 1. The lowest BCUT2D eigenvalue weighted by Gasteiger charge is -2.43. The summed E-state index contributed by atoms with van der Waals surface area (Å²) in [7, 11) is 0. The normalized spacial score (nSPS) is 23.9. The molecule has 330 valence electrons. The number of phenolic OH excluding ortho intramolecular Hbond substituents is 1. The predicted octanol–water partition coefficient (Wildman–Crippen LogP) is 6.28. The second-order valence-electron chi connectivity index (χ2n) is 17.5. The van der Waals surface area contributed by atoms with Crippen molar-refractivity contribution in [1.29, 1.82) is 0 Å². The lowest BCUT2D eigenvalue weighted by Crippen LogP contribution is -2.50. The Kier molecular flexibility index (Phi) is 11.8. The number of para-hydroxylation sites is 1. The number of phenols is 1. The third-order valence-electron chi connectivity index (χ3n) is 13.6. The molecule has 0 bridgehead atoms. The molecule has 4 saturated heterocycles. The van der Waals surface area contributed by atoms with Gasteiger partial charge in [0.2, 0.25) is 5.91 Å². The molecule has 4 aliphatic heterocycles. The first-order valence-corrected chi connectivity index (χ1v) is 22.2. The highest BCUT2D eigenvalue weighted by atomic mass is 19.1. The van der Waals surface area contributed by atoms with Crippen LogP contribution in [0.5, 0.6) is 5.75 Å². The maximum absolute atomic E-state index is 16.1. The molecule has 0 spiro atoms. The maximum atomic E-state index is 16.1. The Bertz CT molecular complexity index is 2510. The maximum Gasteiger partial charge on any atom is 0.328 e. The smallest absolute Gasteiger partial charge is 0.328 e. The minimum atomic E-state index is -1.08. The van der Waals surface area contributed by atoms with E-state index in [1.54, 1.807) is 24.4 Å². The fraction of sp³-hybridized carbons (Fsp3) is 0.447. The number of imide groups is 1. The minimum absolute atomic E-state index is 0.00515. The number of likely N-dealkylation sites (tertiary alicyclic amines) is 2. The van der Waals surface area contributed by atoms with Crippen molar-refractivity contribution in [2.75, 3.05) is 61.3 Å². The molecule has 4 amide bonds. The van der Waals surface area contributed by atoms with Crippen LogP contribution in [-0.4, -0.2) is 117 Å². The van der Waals surface area contributed by atoms with E-state index in [2.05, 4.69) is 39.2 Å². The molecule has 0 saturated carbocycles. The third kappa shape index (κ3) is 8.41. The lowest BCUT2D eigenvalue weighted by atomic mass is 9.93. The van der Waals surface area contributed by atoms with Crippen LogP contribution in [0.1, 0.15) is 80.1 Å². The first-order valence-electron chi connectivity index (χ1n) is 22.2. The van der Waals surface area contributed by atoms with Gasteiger partial charge in [-0.05, 0) is 93.0 Å². The molecular formula is C47H55FN10O5. The first-order chi connectivity index (χ1) is 30.4. The number of fused-ring (bicyclic) bond motifs is 1. The van der Waals surface area contributed by atoms with Gasteiger partial charge in [0.25, 0.3) is 5.91 Å². The Morgan fingerprint density at radius 1 is 0.984 bits per heavy atom. The molecule has 3 aromatic heterocycles. The molecule has 4 aliphatic rings. The highest BCUT2D eigenvalue weighted by molar-refractivity contribution is 6.06. The summed E-state index contributed by atoms with van der Waals surface area (Å²) < 4.78 is 24.6. The fourth-order valence-electron chi connectivity index (χ4n) is 9.78. The molecule has 2 aromatic carbocycles. The van der Waals surface area contributed by atoms with E-state index in [0.29, 0.717) is 79.0 Å². The summed E-state index contributed by atoms with van der Waals surface area (Å²) >= 11 is 0. The Balaban J connectivity index is 0.785. The molecule has 15 nitrogen and oxygen atoms in total. The summed E-state index contributed by atoms with van der Waals surface area (Å²) in [6.45, 7) is 10.2. The van der Waals surface area contributed by atoms with Gasteiger partial charge in [-0.25, -0.2) is 14.2 Å². The zero-order valence-corrected chi connectivity index (χ0v) is 36.0. The molecule has 4 N–H and O–H groups in total. The van der Waals surface area contributed by atoms with Gasteiger partial charge in [0, 0.05) is 74.9 Å². The number of carbonyl (C=O) groups excluding carboxylic acids is 3.